The second kappa shape index (κ2) is 6.64. The van der Waals surface area contributed by atoms with Crippen LogP contribution in [0.2, 0.25) is 0 Å². The molecule has 9 heteroatoms. The van der Waals surface area contributed by atoms with Crippen molar-refractivity contribution in [3.8, 4) is 11.5 Å². The fourth-order valence-corrected chi connectivity index (χ4v) is 2.43. The normalized spacial score (nSPS) is 16.6. The maximum atomic E-state index is 13.5. The number of carbonyl (C=O) groups excluding carboxylic acids is 2. The van der Waals surface area contributed by atoms with E-state index in [2.05, 4.69) is 9.47 Å². The van der Waals surface area contributed by atoms with Gasteiger partial charge in [0, 0.05) is 18.4 Å². The molecule has 0 fully saturated rings. The average molecular weight is 386 g/mol. The van der Waals surface area contributed by atoms with Crippen molar-refractivity contribution in [3.63, 3.8) is 0 Å². The monoisotopic (exact) mass is 386 g/mol. The number of ketones is 2. The van der Waals surface area contributed by atoms with Crippen molar-refractivity contribution in [1.82, 2.24) is 0 Å². The SMILES string of the molecule is O=C(CCC(=O)c1ccccc1F)c1ccc2c(c1)OC(F)(F)C(F)(F)O2. The summed E-state index contributed by atoms with van der Waals surface area (Å²) in [6, 6.07) is 8.05. The molecule has 2 aromatic carbocycles. The number of rotatable bonds is 5. The molecule has 142 valence electrons. The zero-order valence-corrected chi connectivity index (χ0v) is 13.5. The third-order valence-electron chi connectivity index (χ3n) is 3.83. The van der Waals surface area contributed by atoms with Crippen LogP contribution in [0.25, 0.3) is 0 Å². The third kappa shape index (κ3) is 3.62. The summed E-state index contributed by atoms with van der Waals surface area (Å²) in [6.45, 7) is 0. The molecule has 0 saturated carbocycles. The van der Waals surface area contributed by atoms with E-state index in [9.17, 15) is 31.5 Å². The molecule has 3 rings (SSSR count). The summed E-state index contributed by atoms with van der Waals surface area (Å²) in [6.07, 6.45) is -10.4. The molecule has 0 amide bonds. The molecule has 0 unspecified atom stereocenters. The standard InChI is InChI=1S/C18H11F5O4/c19-12-4-2-1-3-11(12)14(25)7-6-13(24)10-5-8-15-16(9-10)27-18(22,23)17(20,21)26-15/h1-5,8-9H,6-7H2. The molecule has 1 aliphatic heterocycles. The molecule has 27 heavy (non-hydrogen) atoms. The van der Waals surface area contributed by atoms with E-state index < -0.39 is 41.1 Å². The van der Waals surface area contributed by atoms with Crippen molar-refractivity contribution in [1.29, 1.82) is 0 Å². The van der Waals surface area contributed by atoms with E-state index in [0.29, 0.717) is 0 Å². The zero-order chi connectivity index (χ0) is 19.8. The highest BCUT2D eigenvalue weighted by molar-refractivity contribution is 6.02. The summed E-state index contributed by atoms with van der Waals surface area (Å²) >= 11 is 0. The van der Waals surface area contributed by atoms with Crippen LogP contribution in [0.4, 0.5) is 22.0 Å². The molecule has 0 aliphatic carbocycles. The highest BCUT2D eigenvalue weighted by atomic mass is 19.3. The van der Waals surface area contributed by atoms with E-state index in [0.717, 1.165) is 24.3 Å². The molecule has 0 atom stereocenters. The molecule has 0 aromatic heterocycles. The largest absolute Gasteiger partial charge is 0.507 e. The summed E-state index contributed by atoms with van der Waals surface area (Å²) in [5.41, 5.74) is -0.311. The van der Waals surface area contributed by atoms with E-state index in [1.807, 2.05) is 0 Å². The van der Waals surface area contributed by atoms with Gasteiger partial charge in [-0.05, 0) is 30.3 Å². The number of alkyl halides is 4. The topological polar surface area (TPSA) is 52.6 Å². The van der Waals surface area contributed by atoms with Crippen LogP contribution in [0.15, 0.2) is 42.5 Å². The minimum atomic E-state index is -4.90. The van der Waals surface area contributed by atoms with Crippen LogP contribution >= 0.6 is 0 Å². The molecular weight excluding hydrogens is 375 g/mol. The summed E-state index contributed by atoms with van der Waals surface area (Å²) in [5.74, 6) is -3.34. The molecule has 0 bridgehead atoms. The van der Waals surface area contributed by atoms with Gasteiger partial charge in [-0.15, -0.1) is 0 Å². The predicted molar refractivity (Wildman–Crippen MR) is 81.9 cm³/mol. The van der Waals surface area contributed by atoms with Gasteiger partial charge in [-0.2, -0.15) is 17.6 Å². The second-order valence-electron chi connectivity index (χ2n) is 5.73. The number of Topliss-reactive ketones (excluding diaryl/α,β-unsaturated/α-hetero) is 2. The first-order valence-electron chi connectivity index (χ1n) is 7.69. The lowest BCUT2D eigenvalue weighted by Crippen LogP contribution is -2.52. The first-order valence-corrected chi connectivity index (χ1v) is 7.69. The Balaban J connectivity index is 1.72. The van der Waals surface area contributed by atoms with E-state index >= 15 is 0 Å². The maximum absolute atomic E-state index is 13.5. The average Bonchev–Trinajstić information content (AvgIpc) is 2.60. The molecule has 0 saturated heterocycles. The number of hydrogen-bond donors (Lipinski definition) is 0. The molecular formula is C18H11F5O4. The minimum Gasteiger partial charge on any atom is -0.421 e. The van der Waals surface area contributed by atoms with Crippen molar-refractivity contribution in [2.45, 2.75) is 25.1 Å². The van der Waals surface area contributed by atoms with Crippen LogP contribution in [-0.2, 0) is 0 Å². The van der Waals surface area contributed by atoms with Gasteiger partial charge in [-0.3, -0.25) is 9.59 Å². The molecule has 0 spiro atoms. The summed E-state index contributed by atoms with van der Waals surface area (Å²) in [5, 5.41) is 0. The Morgan fingerprint density at radius 3 is 2.07 bits per heavy atom. The van der Waals surface area contributed by atoms with E-state index in [1.165, 1.54) is 18.2 Å². The lowest BCUT2D eigenvalue weighted by Gasteiger charge is -2.31. The van der Waals surface area contributed by atoms with Gasteiger partial charge in [0.15, 0.2) is 23.1 Å². The van der Waals surface area contributed by atoms with Crippen molar-refractivity contribution in [3.05, 3.63) is 59.4 Å². The number of benzene rings is 2. The van der Waals surface area contributed by atoms with Crippen molar-refractivity contribution >= 4 is 11.6 Å². The van der Waals surface area contributed by atoms with Gasteiger partial charge in [-0.1, -0.05) is 12.1 Å². The number of hydrogen-bond acceptors (Lipinski definition) is 4. The second-order valence-corrected chi connectivity index (χ2v) is 5.73. The Kier molecular flexibility index (Phi) is 4.63. The van der Waals surface area contributed by atoms with Crippen LogP contribution in [-0.4, -0.2) is 23.8 Å². The van der Waals surface area contributed by atoms with Crippen molar-refractivity contribution in [2.75, 3.05) is 0 Å². The Bertz CT molecular complexity index is 910. The first-order chi connectivity index (χ1) is 12.6. The van der Waals surface area contributed by atoms with E-state index in [-0.39, 0.29) is 24.0 Å². The van der Waals surface area contributed by atoms with Gasteiger partial charge in [0.2, 0.25) is 0 Å². The predicted octanol–water partition coefficient (Wildman–Crippen LogP) is 4.63. The summed E-state index contributed by atoms with van der Waals surface area (Å²) < 4.78 is 74.0. The molecule has 2 aromatic rings. The van der Waals surface area contributed by atoms with Crippen LogP contribution in [0.1, 0.15) is 33.6 Å². The Morgan fingerprint density at radius 1 is 0.815 bits per heavy atom. The van der Waals surface area contributed by atoms with Gasteiger partial charge >= 0.3 is 12.2 Å². The van der Waals surface area contributed by atoms with Gasteiger partial charge in [0.05, 0.1) is 5.56 Å². The van der Waals surface area contributed by atoms with Gasteiger partial charge in [0.1, 0.15) is 5.82 Å². The lowest BCUT2D eigenvalue weighted by molar-refractivity contribution is -0.391. The minimum absolute atomic E-state index is 0.139. The van der Waals surface area contributed by atoms with Crippen LogP contribution in [0.3, 0.4) is 0 Å². The number of halogens is 5. The smallest absolute Gasteiger partial charge is 0.421 e. The molecule has 0 N–H and O–H groups in total. The summed E-state index contributed by atoms with van der Waals surface area (Å²) in [7, 11) is 0. The Morgan fingerprint density at radius 2 is 1.41 bits per heavy atom. The molecule has 1 aliphatic rings. The van der Waals surface area contributed by atoms with Gasteiger partial charge in [-0.25, -0.2) is 4.39 Å². The fraction of sp³-hybridized carbons (Fsp3) is 0.222. The van der Waals surface area contributed by atoms with Crippen LogP contribution in [0, 0.1) is 5.82 Å². The number of ether oxygens (including phenoxy) is 2. The van der Waals surface area contributed by atoms with E-state index in [1.54, 1.807) is 0 Å². The van der Waals surface area contributed by atoms with Crippen molar-refractivity contribution in [2.24, 2.45) is 0 Å². The highest BCUT2D eigenvalue weighted by Crippen LogP contribution is 2.47. The zero-order valence-electron chi connectivity index (χ0n) is 13.5. The first kappa shape index (κ1) is 18.8. The molecule has 4 nitrogen and oxygen atoms in total. The van der Waals surface area contributed by atoms with E-state index in [4.69, 9.17) is 0 Å². The highest BCUT2D eigenvalue weighted by Gasteiger charge is 2.65. The molecule has 0 radical (unpaired) electrons. The maximum Gasteiger partial charge on any atom is 0.507 e. The number of fused-ring (bicyclic) bond motifs is 1. The Labute approximate surface area is 149 Å². The Hall–Kier alpha value is -2.97. The van der Waals surface area contributed by atoms with Gasteiger partial charge in [0.25, 0.3) is 0 Å². The lowest BCUT2D eigenvalue weighted by atomic mass is 10.0. The molecule has 1 heterocycles. The van der Waals surface area contributed by atoms with Crippen LogP contribution < -0.4 is 9.47 Å². The van der Waals surface area contributed by atoms with Gasteiger partial charge < -0.3 is 9.47 Å². The fourth-order valence-electron chi connectivity index (χ4n) is 2.43. The number of carbonyl (C=O) groups is 2. The van der Waals surface area contributed by atoms with Crippen molar-refractivity contribution < 1.29 is 41.0 Å². The van der Waals surface area contributed by atoms with Crippen LogP contribution in [0.5, 0.6) is 11.5 Å². The summed E-state index contributed by atoms with van der Waals surface area (Å²) in [4.78, 5) is 24.1. The quantitative estimate of drug-likeness (QED) is 0.556. The third-order valence-corrected chi connectivity index (χ3v) is 3.83.